The summed E-state index contributed by atoms with van der Waals surface area (Å²) in [4.78, 5) is 2.30. The van der Waals surface area contributed by atoms with Crippen LogP contribution in [0.1, 0.15) is 38.6 Å². The molecule has 1 N–H and O–H groups in total. The first-order valence-electron chi connectivity index (χ1n) is 7.36. The molecule has 5 heteroatoms. The number of aryl methyl sites for hydroxylation is 2. The first-order valence-corrected chi connectivity index (χ1v) is 7.74. The van der Waals surface area contributed by atoms with Crippen LogP contribution in [0.5, 0.6) is 0 Å². The molecule has 20 heavy (non-hydrogen) atoms. The summed E-state index contributed by atoms with van der Waals surface area (Å²) in [5.74, 6) is 0. The van der Waals surface area contributed by atoms with Crippen molar-refractivity contribution in [3.05, 3.63) is 16.4 Å². The van der Waals surface area contributed by atoms with Crippen molar-refractivity contribution in [1.82, 2.24) is 20.0 Å². The van der Waals surface area contributed by atoms with E-state index in [1.54, 1.807) is 0 Å². The van der Waals surface area contributed by atoms with Crippen molar-refractivity contribution >= 4 is 11.6 Å². The maximum absolute atomic E-state index is 6.41. The predicted octanol–water partition coefficient (Wildman–Crippen LogP) is 2.63. The number of hydrogen-bond donors (Lipinski definition) is 1. The average molecular weight is 301 g/mol. The predicted molar refractivity (Wildman–Crippen MR) is 86.5 cm³/mol. The minimum absolute atomic E-state index is 0.0809. The van der Waals surface area contributed by atoms with Gasteiger partial charge in [0, 0.05) is 25.0 Å². The third-order valence-corrected chi connectivity index (χ3v) is 5.09. The molecule has 0 aliphatic carbocycles. The van der Waals surface area contributed by atoms with Gasteiger partial charge in [0.05, 0.1) is 16.4 Å². The highest BCUT2D eigenvalue weighted by molar-refractivity contribution is 6.31. The van der Waals surface area contributed by atoms with Crippen LogP contribution in [0.3, 0.4) is 0 Å². The first kappa shape index (κ1) is 17.5. The maximum Gasteiger partial charge on any atom is 0.0847 e. The third kappa shape index (κ3) is 3.35. The minimum atomic E-state index is 0.0809. The van der Waals surface area contributed by atoms with Crippen LogP contribution in [-0.4, -0.2) is 46.9 Å². The highest BCUT2D eigenvalue weighted by atomic mass is 35.5. The SMILES string of the molecule is CCNC(Cc1c(Cl)c(C)nn1C)C(C)(CC)N(C)C. The van der Waals surface area contributed by atoms with Gasteiger partial charge in [-0.05, 0) is 40.9 Å². The first-order chi connectivity index (χ1) is 9.27. The van der Waals surface area contributed by atoms with Crippen molar-refractivity contribution in [1.29, 1.82) is 0 Å². The van der Waals surface area contributed by atoms with Gasteiger partial charge in [0.1, 0.15) is 0 Å². The molecule has 116 valence electrons. The van der Waals surface area contributed by atoms with Gasteiger partial charge in [-0.25, -0.2) is 0 Å². The highest BCUT2D eigenvalue weighted by Gasteiger charge is 2.35. The quantitative estimate of drug-likeness (QED) is 0.840. The number of likely N-dealkylation sites (N-methyl/N-ethyl adjacent to an activating group) is 2. The van der Waals surface area contributed by atoms with E-state index in [9.17, 15) is 0 Å². The van der Waals surface area contributed by atoms with Crippen molar-refractivity contribution in [2.45, 2.75) is 52.1 Å². The van der Waals surface area contributed by atoms with Gasteiger partial charge in [-0.3, -0.25) is 4.68 Å². The molecular formula is C15H29ClN4. The smallest absolute Gasteiger partial charge is 0.0847 e. The molecule has 0 bridgehead atoms. The monoisotopic (exact) mass is 300 g/mol. The van der Waals surface area contributed by atoms with E-state index < -0.39 is 0 Å². The number of halogens is 1. The van der Waals surface area contributed by atoms with E-state index in [4.69, 9.17) is 11.6 Å². The van der Waals surface area contributed by atoms with Crippen molar-refractivity contribution in [2.24, 2.45) is 7.05 Å². The van der Waals surface area contributed by atoms with E-state index in [0.29, 0.717) is 6.04 Å². The normalized spacial score (nSPS) is 16.4. The van der Waals surface area contributed by atoms with E-state index in [1.165, 1.54) is 0 Å². The topological polar surface area (TPSA) is 33.1 Å². The zero-order valence-electron chi connectivity index (χ0n) is 13.9. The summed E-state index contributed by atoms with van der Waals surface area (Å²) in [5, 5.41) is 8.84. The highest BCUT2D eigenvalue weighted by Crippen LogP contribution is 2.27. The van der Waals surface area contributed by atoms with Crippen molar-refractivity contribution in [3.63, 3.8) is 0 Å². The minimum Gasteiger partial charge on any atom is -0.312 e. The molecule has 0 saturated carbocycles. The van der Waals surface area contributed by atoms with Gasteiger partial charge in [-0.15, -0.1) is 0 Å². The van der Waals surface area contributed by atoms with Gasteiger partial charge in [-0.2, -0.15) is 5.10 Å². The Balaban J connectivity index is 3.09. The van der Waals surface area contributed by atoms with E-state index in [-0.39, 0.29) is 5.54 Å². The van der Waals surface area contributed by atoms with E-state index in [0.717, 1.165) is 35.8 Å². The van der Waals surface area contributed by atoms with Crippen LogP contribution >= 0.6 is 11.6 Å². The summed E-state index contributed by atoms with van der Waals surface area (Å²) in [7, 11) is 6.25. The fraction of sp³-hybridized carbons (Fsp3) is 0.800. The second kappa shape index (κ2) is 6.92. The van der Waals surface area contributed by atoms with Crippen LogP contribution < -0.4 is 5.32 Å². The Kier molecular flexibility index (Phi) is 6.05. The number of nitrogens with zero attached hydrogens (tertiary/aromatic N) is 3. The van der Waals surface area contributed by atoms with Crippen molar-refractivity contribution in [2.75, 3.05) is 20.6 Å². The number of nitrogens with one attached hydrogen (secondary N) is 1. The molecule has 1 heterocycles. The largest absolute Gasteiger partial charge is 0.312 e. The van der Waals surface area contributed by atoms with Crippen LogP contribution in [0.2, 0.25) is 5.02 Å². The molecule has 0 aromatic carbocycles. The van der Waals surface area contributed by atoms with Crippen LogP contribution in [0.15, 0.2) is 0 Å². The summed E-state index contributed by atoms with van der Waals surface area (Å²) in [5.41, 5.74) is 2.09. The van der Waals surface area contributed by atoms with Gasteiger partial charge in [0.25, 0.3) is 0 Å². The van der Waals surface area contributed by atoms with Crippen molar-refractivity contribution in [3.8, 4) is 0 Å². The molecule has 0 radical (unpaired) electrons. The second-order valence-electron chi connectivity index (χ2n) is 5.89. The van der Waals surface area contributed by atoms with Gasteiger partial charge >= 0.3 is 0 Å². The molecule has 0 spiro atoms. The molecule has 0 saturated heterocycles. The Hall–Kier alpha value is -0.580. The van der Waals surface area contributed by atoms with E-state index >= 15 is 0 Å². The summed E-state index contributed by atoms with van der Waals surface area (Å²) < 4.78 is 1.91. The lowest BCUT2D eigenvalue weighted by Crippen LogP contribution is -2.58. The van der Waals surface area contributed by atoms with Gasteiger partial charge in [0.15, 0.2) is 0 Å². The van der Waals surface area contributed by atoms with Crippen LogP contribution in [0.25, 0.3) is 0 Å². The molecule has 2 unspecified atom stereocenters. The average Bonchev–Trinajstić information content (AvgIpc) is 2.63. The van der Waals surface area contributed by atoms with Crippen molar-refractivity contribution < 1.29 is 0 Å². The Morgan fingerprint density at radius 1 is 1.40 bits per heavy atom. The van der Waals surface area contributed by atoms with Gasteiger partial charge in [0.2, 0.25) is 0 Å². The molecule has 0 fully saturated rings. The summed E-state index contributed by atoms with van der Waals surface area (Å²) >= 11 is 6.41. The molecule has 2 atom stereocenters. The second-order valence-corrected chi connectivity index (χ2v) is 6.27. The Morgan fingerprint density at radius 3 is 2.35 bits per heavy atom. The summed E-state index contributed by atoms with van der Waals surface area (Å²) in [6.07, 6.45) is 1.96. The molecule has 0 aliphatic heterocycles. The molecule has 0 aliphatic rings. The molecule has 1 aromatic rings. The fourth-order valence-electron chi connectivity index (χ4n) is 2.73. The Morgan fingerprint density at radius 2 is 2.00 bits per heavy atom. The summed E-state index contributed by atoms with van der Waals surface area (Å²) in [6, 6.07) is 0.333. The molecule has 0 amide bonds. The Labute approximate surface area is 128 Å². The lowest BCUT2D eigenvalue weighted by molar-refractivity contribution is 0.112. The molecule has 1 rings (SSSR count). The van der Waals surface area contributed by atoms with Gasteiger partial charge < -0.3 is 10.2 Å². The van der Waals surface area contributed by atoms with Crippen LogP contribution in [0.4, 0.5) is 0 Å². The van der Waals surface area contributed by atoms with Crippen LogP contribution in [-0.2, 0) is 13.5 Å². The molecular weight excluding hydrogens is 272 g/mol. The summed E-state index contributed by atoms with van der Waals surface area (Å²) in [6.45, 7) is 9.59. The lowest BCUT2D eigenvalue weighted by atomic mass is 9.85. The molecule has 1 aromatic heterocycles. The van der Waals surface area contributed by atoms with E-state index in [2.05, 4.69) is 50.2 Å². The standard InChI is InChI=1S/C15H29ClN4/c1-8-15(4,19(5)6)13(17-9-2)10-12-14(16)11(3)18-20(12)7/h13,17H,8-10H2,1-7H3. The third-order valence-electron chi connectivity index (χ3n) is 4.60. The fourth-order valence-corrected chi connectivity index (χ4v) is 2.97. The van der Waals surface area contributed by atoms with Crippen LogP contribution in [0, 0.1) is 6.92 Å². The lowest BCUT2D eigenvalue weighted by Gasteiger charge is -2.43. The van der Waals surface area contributed by atoms with Gasteiger partial charge in [-0.1, -0.05) is 25.4 Å². The number of aromatic nitrogens is 2. The number of rotatable bonds is 7. The zero-order chi connectivity index (χ0) is 15.5. The van der Waals surface area contributed by atoms with E-state index in [1.807, 2.05) is 18.7 Å². The number of hydrogen-bond acceptors (Lipinski definition) is 3. The zero-order valence-corrected chi connectivity index (χ0v) is 14.7. The molecule has 4 nitrogen and oxygen atoms in total. The maximum atomic E-state index is 6.41. The Bertz CT molecular complexity index is 441.